The molecule has 6 nitrogen and oxygen atoms in total. The summed E-state index contributed by atoms with van der Waals surface area (Å²) in [5.41, 5.74) is 0. The molecule has 88 valence electrons. The lowest BCUT2D eigenvalue weighted by molar-refractivity contribution is -0.137. The van der Waals surface area contributed by atoms with E-state index >= 15 is 0 Å². The minimum Gasteiger partial charge on any atom is -0.463 e. The van der Waals surface area contributed by atoms with Crippen LogP contribution in [0.15, 0.2) is 12.7 Å². The van der Waals surface area contributed by atoms with Crippen molar-refractivity contribution in [2.75, 3.05) is 25.6 Å². The number of hydrogen-bond donors (Lipinski definition) is 1. The smallest absolute Gasteiger partial charge is 0.330 e. The lowest BCUT2D eigenvalue weighted by atomic mass is 10.5. The van der Waals surface area contributed by atoms with Gasteiger partial charge >= 0.3 is 5.97 Å². The van der Waals surface area contributed by atoms with Gasteiger partial charge < -0.3 is 9.84 Å². The first kappa shape index (κ1) is 14.1. The second kappa shape index (κ2) is 7.38. The summed E-state index contributed by atoms with van der Waals surface area (Å²) < 4.78 is 31.0. The van der Waals surface area contributed by atoms with E-state index in [1.807, 2.05) is 0 Å². The average molecular weight is 238 g/mol. The number of aliphatic hydroxyl groups is 1. The molecule has 0 fully saturated rings. The SMILES string of the molecule is C=CC(=O)OCCCS(=O)(=O)OCCO. The Morgan fingerprint density at radius 3 is 2.60 bits per heavy atom. The maximum atomic E-state index is 11.0. The van der Waals surface area contributed by atoms with Gasteiger partial charge in [0.05, 0.1) is 25.6 Å². The van der Waals surface area contributed by atoms with Crippen molar-refractivity contribution in [3.63, 3.8) is 0 Å². The molecule has 0 heterocycles. The minimum absolute atomic E-state index is 0.00737. The Balaban J connectivity index is 3.66. The fourth-order valence-electron chi connectivity index (χ4n) is 0.691. The summed E-state index contributed by atoms with van der Waals surface area (Å²) in [5.74, 6) is -0.846. The van der Waals surface area contributed by atoms with Crippen LogP contribution >= 0.6 is 0 Å². The second-order valence-electron chi connectivity index (χ2n) is 2.53. The van der Waals surface area contributed by atoms with Crippen LogP contribution in [0, 0.1) is 0 Å². The first-order valence-corrected chi connectivity index (χ1v) is 5.86. The Morgan fingerprint density at radius 2 is 2.07 bits per heavy atom. The van der Waals surface area contributed by atoms with Gasteiger partial charge in [-0.1, -0.05) is 6.58 Å². The van der Waals surface area contributed by atoms with Gasteiger partial charge in [-0.05, 0) is 6.42 Å². The van der Waals surface area contributed by atoms with Crippen LogP contribution < -0.4 is 0 Å². The monoisotopic (exact) mass is 238 g/mol. The maximum Gasteiger partial charge on any atom is 0.330 e. The standard InChI is InChI=1S/C8H14O6S/c1-2-8(10)13-5-3-7-15(11,12)14-6-4-9/h2,9H,1,3-7H2. The fourth-order valence-corrected chi connectivity index (χ4v) is 1.61. The number of rotatable bonds is 8. The summed E-state index contributed by atoms with van der Waals surface area (Å²) in [6.07, 6.45) is 1.14. The largest absolute Gasteiger partial charge is 0.463 e. The van der Waals surface area contributed by atoms with E-state index in [0.29, 0.717) is 0 Å². The topological polar surface area (TPSA) is 89.9 Å². The van der Waals surface area contributed by atoms with Gasteiger partial charge in [0.1, 0.15) is 0 Å². The fraction of sp³-hybridized carbons (Fsp3) is 0.625. The molecule has 15 heavy (non-hydrogen) atoms. The molecule has 0 bridgehead atoms. The molecule has 0 saturated carbocycles. The summed E-state index contributed by atoms with van der Waals surface area (Å²) >= 11 is 0. The Hall–Kier alpha value is -0.920. The highest BCUT2D eigenvalue weighted by atomic mass is 32.2. The molecule has 0 atom stereocenters. The molecule has 0 aliphatic rings. The first-order chi connectivity index (χ1) is 7.02. The molecule has 1 N–H and O–H groups in total. The van der Waals surface area contributed by atoms with Crippen molar-refractivity contribution in [3.05, 3.63) is 12.7 Å². The van der Waals surface area contributed by atoms with Gasteiger partial charge in [0.25, 0.3) is 10.1 Å². The zero-order chi connectivity index (χ0) is 11.7. The van der Waals surface area contributed by atoms with Crippen LogP contribution in [0.4, 0.5) is 0 Å². The Labute approximate surface area is 88.6 Å². The van der Waals surface area contributed by atoms with Gasteiger partial charge in [-0.3, -0.25) is 4.18 Å². The average Bonchev–Trinajstić information content (AvgIpc) is 2.21. The Morgan fingerprint density at radius 1 is 1.40 bits per heavy atom. The lowest BCUT2D eigenvalue weighted by Gasteiger charge is -2.04. The number of esters is 1. The number of aliphatic hydroxyl groups excluding tert-OH is 1. The highest BCUT2D eigenvalue weighted by molar-refractivity contribution is 7.86. The third kappa shape index (κ3) is 8.10. The predicted molar refractivity (Wildman–Crippen MR) is 52.6 cm³/mol. The number of carbonyl (C=O) groups excluding carboxylic acids is 1. The molecule has 0 amide bonds. The van der Waals surface area contributed by atoms with Crippen molar-refractivity contribution in [1.29, 1.82) is 0 Å². The summed E-state index contributed by atoms with van der Waals surface area (Å²) in [6, 6.07) is 0. The number of carbonyl (C=O) groups is 1. The quantitative estimate of drug-likeness (QED) is 0.264. The van der Waals surface area contributed by atoms with E-state index in [0.717, 1.165) is 6.08 Å². The number of ether oxygens (including phenoxy) is 1. The molecule has 0 saturated heterocycles. The molecule has 0 aromatic rings. The van der Waals surface area contributed by atoms with E-state index in [4.69, 9.17) is 5.11 Å². The molecular weight excluding hydrogens is 224 g/mol. The molecule has 0 rings (SSSR count). The van der Waals surface area contributed by atoms with Crippen LogP contribution in [0.3, 0.4) is 0 Å². The molecule has 0 radical (unpaired) electrons. The van der Waals surface area contributed by atoms with Gasteiger partial charge in [-0.2, -0.15) is 8.42 Å². The van der Waals surface area contributed by atoms with Crippen molar-refractivity contribution < 1.29 is 27.2 Å². The molecule has 0 spiro atoms. The van der Waals surface area contributed by atoms with Gasteiger partial charge in [0.2, 0.25) is 0 Å². The van der Waals surface area contributed by atoms with Crippen LogP contribution in [0.5, 0.6) is 0 Å². The van der Waals surface area contributed by atoms with Gasteiger partial charge in [-0.25, -0.2) is 4.79 Å². The summed E-state index contributed by atoms with van der Waals surface area (Å²) in [5, 5.41) is 8.34. The van der Waals surface area contributed by atoms with Crippen LogP contribution in [0.1, 0.15) is 6.42 Å². The molecule has 0 aliphatic carbocycles. The van der Waals surface area contributed by atoms with Crippen molar-refractivity contribution >= 4 is 16.1 Å². The molecule has 7 heteroatoms. The molecule has 0 aromatic carbocycles. The first-order valence-electron chi connectivity index (χ1n) is 4.29. The van der Waals surface area contributed by atoms with Crippen molar-refractivity contribution in [2.24, 2.45) is 0 Å². The molecule has 0 aromatic heterocycles. The highest BCUT2D eigenvalue weighted by Crippen LogP contribution is 1.96. The maximum absolute atomic E-state index is 11.0. The third-order valence-corrected chi connectivity index (χ3v) is 2.62. The minimum atomic E-state index is -3.63. The second-order valence-corrected chi connectivity index (χ2v) is 4.29. The predicted octanol–water partition coefficient (Wildman–Crippen LogP) is -0.556. The lowest BCUT2D eigenvalue weighted by Crippen LogP contribution is -2.15. The van der Waals surface area contributed by atoms with Crippen molar-refractivity contribution in [2.45, 2.75) is 6.42 Å². The summed E-state index contributed by atoms with van der Waals surface area (Å²) in [7, 11) is -3.63. The highest BCUT2D eigenvalue weighted by Gasteiger charge is 2.10. The van der Waals surface area contributed by atoms with E-state index < -0.39 is 16.1 Å². The Bertz CT molecular complexity index is 294. The van der Waals surface area contributed by atoms with Crippen LogP contribution in [0.2, 0.25) is 0 Å². The molecule has 0 aliphatic heterocycles. The van der Waals surface area contributed by atoms with Crippen molar-refractivity contribution in [3.8, 4) is 0 Å². The zero-order valence-electron chi connectivity index (χ0n) is 8.22. The van der Waals surface area contributed by atoms with Crippen LogP contribution in [-0.4, -0.2) is 45.1 Å². The Kier molecular flexibility index (Phi) is 6.93. The van der Waals surface area contributed by atoms with E-state index in [2.05, 4.69) is 15.5 Å². The van der Waals surface area contributed by atoms with Crippen molar-refractivity contribution in [1.82, 2.24) is 0 Å². The van der Waals surface area contributed by atoms with E-state index in [-0.39, 0.29) is 32.0 Å². The third-order valence-electron chi connectivity index (χ3n) is 1.30. The summed E-state index contributed by atoms with van der Waals surface area (Å²) in [4.78, 5) is 10.6. The normalized spacial score (nSPS) is 11.0. The van der Waals surface area contributed by atoms with E-state index in [1.165, 1.54) is 0 Å². The van der Waals surface area contributed by atoms with Crippen LogP contribution in [-0.2, 0) is 23.8 Å². The molecular formula is C8H14O6S. The van der Waals surface area contributed by atoms with E-state index in [1.54, 1.807) is 0 Å². The zero-order valence-corrected chi connectivity index (χ0v) is 9.03. The van der Waals surface area contributed by atoms with Gasteiger partial charge in [0, 0.05) is 6.08 Å². The number of hydrogen-bond acceptors (Lipinski definition) is 6. The van der Waals surface area contributed by atoms with Gasteiger partial charge in [-0.15, -0.1) is 0 Å². The summed E-state index contributed by atoms with van der Waals surface area (Å²) in [6.45, 7) is 2.56. The molecule has 0 unspecified atom stereocenters. The van der Waals surface area contributed by atoms with Gasteiger partial charge in [0.15, 0.2) is 0 Å². The van der Waals surface area contributed by atoms with Crippen LogP contribution in [0.25, 0.3) is 0 Å². The van der Waals surface area contributed by atoms with E-state index in [9.17, 15) is 13.2 Å².